The van der Waals surface area contributed by atoms with Gasteiger partial charge < -0.3 is 15.2 Å². The molecule has 88 valence electrons. The lowest BCUT2D eigenvalue weighted by Crippen LogP contribution is -2.14. The van der Waals surface area contributed by atoms with Gasteiger partial charge in [0.15, 0.2) is 0 Å². The molecule has 0 spiro atoms. The quantitative estimate of drug-likeness (QED) is 0.807. The van der Waals surface area contributed by atoms with Gasteiger partial charge in [0.1, 0.15) is 5.75 Å². The Morgan fingerprint density at radius 3 is 3.06 bits per heavy atom. The number of hydrogen-bond donors (Lipinski definition) is 2. The molecule has 2 rings (SSSR count). The number of benzene rings is 1. The van der Waals surface area contributed by atoms with Crippen molar-refractivity contribution in [1.82, 2.24) is 5.32 Å². The van der Waals surface area contributed by atoms with Crippen LogP contribution in [0.15, 0.2) is 24.3 Å². The van der Waals surface area contributed by atoms with Gasteiger partial charge in [0.05, 0.1) is 6.61 Å². The topological polar surface area (TPSA) is 41.5 Å². The molecular formula is C13H19NO2. The van der Waals surface area contributed by atoms with Gasteiger partial charge in [0.2, 0.25) is 0 Å². The largest absolute Gasteiger partial charge is 0.494 e. The number of rotatable bonds is 4. The highest BCUT2D eigenvalue weighted by Crippen LogP contribution is 2.29. The lowest BCUT2D eigenvalue weighted by atomic mass is 9.89. The average Bonchev–Trinajstić information content (AvgIpc) is 2.78. The second kappa shape index (κ2) is 5.32. The van der Waals surface area contributed by atoms with E-state index in [0.717, 1.165) is 18.8 Å². The Hall–Kier alpha value is -1.06. The zero-order chi connectivity index (χ0) is 11.4. The first-order chi connectivity index (χ1) is 7.85. The zero-order valence-electron chi connectivity index (χ0n) is 9.65. The maximum absolute atomic E-state index is 9.30. The molecule has 3 heteroatoms. The standard InChI is InChI=1S/C13H19NO2/c1-2-16-12-5-3-4-10(6-12)13-8-14-7-11(13)9-15/h3-6,11,13-15H,2,7-9H2,1H3. The molecule has 0 radical (unpaired) electrons. The molecule has 1 fully saturated rings. The fourth-order valence-electron chi connectivity index (χ4n) is 2.32. The Balaban J connectivity index is 2.16. The van der Waals surface area contributed by atoms with E-state index in [4.69, 9.17) is 4.74 Å². The molecule has 1 aromatic rings. The molecule has 3 nitrogen and oxygen atoms in total. The van der Waals surface area contributed by atoms with Crippen LogP contribution in [-0.4, -0.2) is 31.4 Å². The summed E-state index contributed by atoms with van der Waals surface area (Å²) >= 11 is 0. The first-order valence-corrected chi connectivity index (χ1v) is 5.89. The summed E-state index contributed by atoms with van der Waals surface area (Å²) in [6, 6.07) is 8.20. The second-order valence-electron chi connectivity index (χ2n) is 4.21. The number of aliphatic hydroxyl groups is 1. The molecule has 0 amide bonds. The minimum atomic E-state index is 0.247. The van der Waals surface area contributed by atoms with E-state index < -0.39 is 0 Å². The van der Waals surface area contributed by atoms with E-state index in [2.05, 4.69) is 17.4 Å². The molecule has 1 saturated heterocycles. The smallest absolute Gasteiger partial charge is 0.119 e. The molecular weight excluding hydrogens is 202 g/mol. The van der Waals surface area contributed by atoms with Crippen LogP contribution in [0.5, 0.6) is 5.75 Å². The SMILES string of the molecule is CCOc1cccc(C2CNCC2CO)c1. The first kappa shape index (κ1) is 11.4. The molecule has 2 N–H and O–H groups in total. The number of aliphatic hydroxyl groups excluding tert-OH is 1. The molecule has 1 aliphatic heterocycles. The van der Waals surface area contributed by atoms with Crippen LogP contribution < -0.4 is 10.1 Å². The Morgan fingerprint density at radius 2 is 2.31 bits per heavy atom. The van der Waals surface area contributed by atoms with Crippen molar-refractivity contribution in [2.75, 3.05) is 26.3 Å². The highest BCUT2D eigenvalue weighted by atomic mass is 16.5. The van der Waals surface area contributed by atoms with Crippen LogP contribution in [0.25, 0.3) is 0 Å². The Labute approximate surface area is 96.4 Å². The van der Waals surface area contributed by atoms with Gasteiger partial charge in [-0.3, -0.25) is 0 Å². The summed E-state index contributed by atoms with van der Waals surface area (Å²) in [6.07, 6.45) is 0. The van der Waals surface area contributed by atoms with Crippen molar-refractivity contribution in [2.45, 2.75) is 12.8 Å². The number of nitrogens with one attached hydrogen (secondary N) is 1. The monoisotopic (exact) mass is 221 g/mol. The summed E-state index contributed by atoms with van der Waals surface area (Å²) < 4.78 is 5.49. The van der Waals surface area contributed by atoms with E-state index >= 15 is 0 Å². The van der Waals surface area contributed by atoms with E-state index in [-0.39, 0.29) is 6.61 Å². The fraction of sp³-hybridized carbons (Fsp3) is 0.538. The van der Waals surface area contributed by atoms with Gasteiger partial charge >= 0.3 is 0 Å². The van der Waals surface area contributed by atoms with Crippen LogP contribution in [0, 0.1) is 5.92 Å². The van der Waals surface area contributed by atoms with Crippen LogP contribution in [0.1, 0.15) is 18.4 Å². The van der Waals surface area contributed by atoms with Crippen molar-refractivity contribution >= 4 is 0 Å². The van der Waals surface area contributed by atoms with Crippen LogP contribution in [0.3, 0.4) is 0 Å². The molecule has 2 unspecified atom stereocenters. The number of hydrogen-bond acceptors (Lipinski definition) is 3. The van der Waals surface area contributed by atoms with Crippen molar-refractivity contribution in [3.8, 4) is 5.75 Å². The van der Waals surface area contributed by atoms with Crippen molar-refractivity contribution in [2.24, 2.45) is 5.92 Å². The van der Waals surface area contributed by atoms with Crippen molar-refractivity contribution in [3.05, 3.63) is 29.8 Å². The van der Waals surface area contributed by atoms with Gasteiger partial charge in [-0.05, 0) is 24.6 Å². The first-order valence-electron chi connectivity index (χ1n) is 5.89. The van der Waals surface area contributed by atoms with E-state index in [1.165, 1.54) is 5.56 Å². The lowest BCUT2D eigenvalue weighted by molar-refractivity contribution is 0.226. The Morgan fingerprint density at radius 1 is 1.44 bits per heavy atom. The van der Waals surface area contributed by atoms with Crippen molar-refractivity contribution in [1.29, 1.82) is 0 Å². The maximum Gasteiger partial charge on any atom is 0.119 e. The van der Waals surface area contributed by atoms with E-state index in [1.807, 2.05) is 19.1 Å². The Kier molecular flexibility index (Phi) is 3.80. The highest BCUT2D eigenvalue weighted by Gasteiger charge is 2.27. The molecule has 0 saturated carbocycles. The van der Waals surface area contributed by atoms with Gasteiger partial charge in [-0.25, -0.2) is 0 Å². The van der Waals surface area contributed by atoms with Gasteiger partial charge in [0, 0.05) is 31.5 Å². The van der Waals surface area contributed by atoms with Crippen LogP contribution in [0.2, 0.25) is 0 Å². The summed E-state index contributed by atoms with van der Waals surface area (Å²) in [5.74, 6) is 1.66. The van der Waals surface area contributed by atoms with Crippen LogP contribution in [-0.2, 0) is 0 Å². The zero-order valence-corrected chi connectivity index (χ0v) is 9.65. The van der Waals surface area contributed by atoms with Gasteiger partial charge in [0.25, 0.3) is 0 Å². The third-order valence-electron chi connectivity index (χ3n) is 3.17. The van der Waals surface area contributed by atoms with Crippen LogP contribution >= 0.6 is 0 Å². The molecule has 16 heavy (non-hydrogen) atoms. The average molecular weight is 221 g/mol. The highest BCUT2D eigenvalue weighted by molar-refractivity contribution is 5.32. The van der Waals surface area contributed by atoms with Gasteiger partial charge in [-0.15, -0.1) is 0 Å². The fourth-order valence-corrected chi connectivity index (χ4v) is 2.32. The minimum Gasteiger partial charge on any atom is -0.494 e. The van der Waals surface area contributed by atoms with Crippen LogP contribution in [0.4, 0.5) is 0 Å². The molecule has 0 bridgehead atoms. The predicted molar refractivity (Wildman–Crippen MR) is 63.8 cm³/mol. The molecule has 1 heterocycles. The van der Waals surface area contributed by atoms with E-state index in [0.29, 0.717) is 18.4 Å². The van der Waals surface area contributed by atoms with Crippen molar-refractivity contribution in [3.63, 3.8) is 0 Å². The second-order valence-corrected chi connectivity index (χ2v) is 4.21. The van der Waals surface area contributed by atoms with Gasteiger partial charge in [-0.1, -0.05) is 12.1 Å². The number of ether oxygens (including phenoxy) is 1. The maximum atomic E-state index is 9.30. The summed E-state index contributed by atoms with van der Waals surface area (Å²) in [5, 5.41) is 12.6. The molecule has 0 aromatic heterocycles. The Bertz CT molecular complexity index is 340. The lowest BCUT2D eigenvalue weighted by Gasteiger charge is -2.17. The van der Waals surface area contributed by atoms with E-state index in [9.17, 15) is 5.11 Å². The molecule has 2 atom stereocenters. The third kappa shape index (κ3) is 2.36. The van der Waals surface area contributed by atoms with Crippen molar-refractivity contribution < 1.29 is 9.84 Å². The molecule has 1 aromatic carbocycles. The summed E-state index contributed by atoms with van der Waals surface area (Å²) in [7, 11) is 0. The van der Waals surface area contributed by atoms with E-state index in [1.54, 1.807) is 0 Å². The molecule has 0 aliphatic carbocycles. The molecule has 1 aliphatic rings. The normalized spacial score (nSPS) is 24.6. The summed E-state index contributed by atoms with van der Waals surface area (Å²) in [5.41, 5.74) is 1.26. The summed E-state index contributed by atoms with van der Waals surface area (Å²) in [4.78, 5) is 0. The summed E-state index contributed by atoms with van der Waals surface area (Å²) in [6.45, 7) is 4.77. The van der Waals surface area contributed by atoms with Gasteiger partial charge in [-0.2, -0.15) is 0 Å². The minimum absolute atomic E-state index is 0.247. The predicted octanol–water partition coefficient (Wildman–Crippen LogP) is 1.38. The third-order valence-corrected chi connectivity index (χ3v) is 3.17.